The Balaban J connectivity index is 3.32. The van der Waals surface area contributed by atoms with Crippen LogP contribution < -0.4 is 19.5 Å². The summed E-state index contributed by atoms with van der Waals surface area (Å²) >= 11 is 11.8. The molecule has 0 bridgehead atoms. The number of benzene rings is 1. The maximum atomic E-state index is 5.90. The van der Waals surface area contributed by atoms with Gasteiger partial charge in [0.15, 0.2) is 0 Å². The number of halogens is 2. The number of hydrogen-bond donors (Lipinski definition) is 0. The Labute approximate surface area is 99.6 Å². The molecule has 6 heteroatoms. The van der Waals surface area contributed by atoms with Gasteiger partial charge in [-0.25, -0.2) is 0 Å². The molecule has 1 aromatic rings. The van der Waals surface area contributed by atoms with Gasteiger partial charge in [0.05, 0.1) is 26.6 Å². The molecule has 0 aromatic heterocycles. The van der Waals surface area contributed by atoms with Crippen LogP contribution in [0, 0.1) is 0 Å². The maximum Gasteiger partial charge on any atom is 0.136 e. The van der Waals surface area contributed by atoms with E-state index in [2.05, 4.69) is 0 Å². The monoisotopic (exact) mass is 268 g/mol. The van der Waals surface area contributed by atoms with Crippen LogP contribution in [0.4, 0.5) is 0 Å². The minimum atomic E-state index is -1.33. The first-order valence-electron chi connectivity index (χ1n) is 4.05. The third-order valence-corrected chi connectivity index (χ3v) is 3.65. The van der Waals surface area contributed by atoms with Crippen molar-refractivity contribution in [1.82, 2.24) is 0 Å². The molecule has 0 radical (unpaired) electrons. The van der Waals surface area contributed by atoms with Crippen molar-refractivity contribution in [3.63, 3.8) is 0 Å². The molecule has 0 spiro atoms. The Morgan fingerprint density at radius 3 is 1.67 bits per heavy atom. The van der Waals surface area contributed by atoms with E-state index in [0.29, 0.717) is 22.6 Å². The van der Waals surface area contributed by atoms with Gasteiger partial charge in [0.25, 0.3) is 0 Å². The lowest BCUT2D eigenvalue weighted by molar-refractivity contribution is 0.380. The van der Waals surface area contributed by atoms with Gasteiger partial charge in [-0.15, -0.1) is 0 Å². The molecule has 0 aliphatic carbocycles. The van der Waals surface area contributed by atoms with Crippen LogP contribution in [0.2, 0.25) is 0 Å². The van der Waals surface area contributed by atoms with Gasteiger partial charge in [0, 0.05) is 12.1 Å². The first kappa shape index (κ1) is 12.7. The van der Waals surface area contributed by atoms with Crippen molar-refractivity contribution in [2.24, 2.45) is 0 Å². The first-order chi connectivity index (χ1) is 7.13. The zero-order valence-corrected chi connectivity index (χ0v) is 11.0. The predicted octanol–water partition coefficient (Wildman–Crippen LogP) is 3.13. The molecule has 0 aliphatic rings. The summed E-state index contributed by atoms with van der Waals surface area (Å²) in [6.07, 6.45) is 0. The molecular formula is C9H11Cl2O3P. The van der Waals surface area contributed by atoms with E-state index in [1.54, 1.807) is 33.5 Å². The van der Waals surface area contributed by atoms with Gasteiger partial charge in [0.2, 0.25) is 0 Å². The largest absolute Gasteiger partial charge is 0.496 e. The fraction of sp³-hybridized carbons (Fsp3) is 0.333. The minimum Gasteiger partial charge on any atom is -0.496 e. The maximum absolute atomic E-state index is 5.90. The molecule has 0 atom stereocenters. The summed E-state index contributed by atoms with van der Waals surface area (Å²) in [6, 6.07) is 3.44. The van der Waals surface area contributed by atoms with Crippen molar-refractivity contribution < 1.29 is 14.2 Å². The van der Waals surface area contributed by atoms with Gasteiger partial charge in [-0.05, 0) is 0 Å². The molecule has 15 heavy (non-hydrogen) atoms. The Hall–Kier alpha value is -0.370. The van der Waals surface area contributed by atoms with Crippen LogP contribution in [0.5, 0.6) is 17.2 Å². The van der Waals surface area contributed by atoms with Crippen molar-refractivity contribution >= 4 is 34.4 Å². The zero-order chi connectivity index (χ0) is 11.4. The van der Waals surface area contributed by atoms with Gasteiger partial charge in [-0.1, -0.05) is 22.5 Å². The van der Waals surface area contributed by atoms with Crippen LogP contribution in [0.25, 0.3) is 0 Å². The molecule has 0 aliphatic heterocycles. The lowest BCUT2D eigenvalue weighted by Gasteiger charge is -2.14. The highest BCUT2D eigenvalue weighted by molar-refractivity contribution is 8.09. The standard InChI is InChI=1S/C9H11Cl2O3P/c1-12-6-4-7(13-2)9(15(10)11)8(5-6)14-3/h4-5H,1-3H3. The third-order valence-electron chi connectivity index (χ3n) is 1.86. The molecular weight excluding hydrogens is 258 g/mol. The number of ether oxygens (including phenoxy) is 3. The Morgan fingerprint density at radius 2 is 1.40 bits per heavy atom. The molecule has 0 heterocycles. The molecule has 0 saturated carbocycles. The average Bonchev–Trinajstić information content (AvgIpc) is 2.26. The van der Waals surface area contributed by atoms with Gasteiger partial charge >= 0.3 is 0 Å². The highest BCUT2D eigenvalue weighted by atomic mass is 35.9. The van der Waals surface area contributed by atoms with E-state index in [-0.39, 0.29) is 0 Å². The first-order valence-corrected chi connectivity index (χ1v) is 7.21. The Morgan fingerprint density at radius 1 is 0.933 bits per heavy atom. The molecule has 0 amide bonds. The van der Waals surface area contributed by atoms with Crippen molar-refractivity contribution in [1.29, 1.82) is 0 Å². The SMILES string of the molecule is COc1cc(OC)c(P(Cl)Cl)c(OC)c1. The van der Waals surface area contributed by atoms with Crippen molar-refractivity contribution in [2.75, 3.05) is 21.3 Å². The van der Waals surface area contributed by atoms with Crippen molar-refractivity contribution in [3.8, 4) is 17.2 Å². The summed E-state index contributed by atoms with van der Waals surface area (Å²) in [4.78, 5) is 0. The van der Waals surface area contributed by atoms with Crippen LogP contribution >= 0.6 is 29.1 Å². The zero-order valence-electron chi connectivity index (χ0n) is 8.58. The summed E-state index contributed by atoms with van der Waals surface area (Å²) in [5.74, 6) is 1.78. The fourth-order valence-corrected chi connectivity index (χ4v) is 2.80. The van der Waals surface area contributed by atoms with E-state index < -0.39 is 6.63 Å². The Kier molecular flexibility index (Phi) is 4.78. The quantitative estimate of drug-likeness (QED) is 0.786. The molecule has 1 rings (SSSR count). The molecule has 0 saturated heterocycles. The fourth-order valence-electron chi connectivity index (χ4n) is 1.15. The number of rotatable bonds is 4. The summed E-state index contributed by atoms with van der Waals surface area (Å²) in [5, 5.41) is 0.666. The van der Waals surface area contributed by atoms with Crippen LogP contribution in [0.15, 0.2) is 12.1 Å². The smallest absolute Gasteiger partial charge is 0.136 e. The van der Waals surface area contributed by atoms with Crippen LogP contribution in [-0.4, -0.2) is 21.3 Å². The van der Waals surface area contributed by atoms with Crippen molar-refractivity contribution in [2.45, 2.75) is 0 Å². The number of hydrogen-bond acceptors (Lipinski definition) is 3. The molecule has 3 nitrogen and oxygen atoms in total. The molecule has 1 aromatic carbocycles. The van der Waals surface area contributed by atoms with Crippen LogP contribution in [0.3, 0.4) is 0 Å². The molecule has 0 N–H and O–H groups in total. The summed E-state index contributed by atoms with van der Waals surface area (Å²) in [7, 11) is 4.66. The minimum absolute atomic E-state index is 0.572. The van der Waals surface area contributed by atoms with E-state index >= 15 is 0 Å². The highest BCUT2D eigenvalue weighted by Crippen LogP contribution is 2.51. The van der Waals surface area contributed by atoms with Gasteiger partial charge < -0.3 is 14.2 Å². The van der Waals surface area contributed by atoms with Crippen LogP contribution in [-0.2, 0) is 0 Å². The van der Waals surface area contributed by atoms with Gasteiger partial charge in [-0.2, -0.15) is 0 Å². The lowest BCUT2D eigenvalue weighted by Crippen LogP contribution is -2.07. The Bertz CT molecular complexity index is 319. The highest BCUT2D eigenvalue weighted by Gasteiger charge is 2.19. The normalized spacial score (nSPS) is 10.3. The molecule has 0 fully saturated rings. The average molecular weight is 269 g/mol. The molecule has 0 unspecified atom stereocenters. The van der Waals surface area contributed by atoms with Gasteiger partial charge in [-0.3, -0.25) is 0 Å². The van der Waals surface area contributed by atoms with E-state index in [0.717, 1.165) is 0 Å². The predicted molar refractivity (Wildman–Crippen MR) is 64.4 cm³/mol. The van der Waals surface area contributed by atoms with E-state index in [4.69, 9.17) is 36.7 Å². The summed E-state index contributed by atoms with van der Waals surface area (Å²) < 4.78 is 15.5. The van der Waals surface area contributed by atoms with Crippen molar-refractivity contribution in [3.05, 3.63) is 12.1 Å². The second-order valence-corrected chi connectivity index (χ2v) is 6.07. The van der Waals surface area contributed by atoms with Crippen LogP contribution in [0.1, 0.15) is 0 Å². The summed E-state index contributed by atoms with van der Waals surface area (Å²) in [6.45, 7) is -1.33. The second kappa shape index (κ2) is 5.64. The van der Waals surface area contributed by atoms with Gasteiger partial charge in [0.1, 0.15) is 23.9 Å². The van der Waals surface area contributed by atoms with E-state index in [9.17, 15) is 0 Å². The second-order valence-electron chi connectivity index (χ2n) is 2.61. The molecule has 84 valence electrons. The summed E-state index contributed by atoms with van der Waals surface area (Å²) in [5.41, 5.74) is 0. The van der Waals surface area contributed by atoms with E-state index in [1.807, 2.05) is 0 Å². The van der Waals surface area contributed by atoms with E-state index in [1.165, 1.54) is 0 Å². The topological polar surface area (TPSA) is 27.7 Å². The number of methoxy groups -OCH3 is 3. The third kappa shape index (κ3) is 2.81. The lowest BCUT2D eigenvalue weighted by atomic mass is 10.3.